The molecule has 3 aromatic heterocycles. The molecule has 4 aromatic rings. The van der Waals surface area contributed by atoms with Crippen LogP contribution in [0.4, 0.5) is 0 Å². The smallest absolute Gasteiger partial charge is 0.272 e. The molecule has 1 aliphatic heterocycles. The summed E-state index contributed by atoms with van der Waals surface area (Å²) in [4.78, 5) is 21.8. The summed E-state index contributed by atoms with van der Waals surface area (Å²) in [6.07, 6.45) is 8.84. The molecule has 0 radical (unpaired) electrons. The number of nitrogens with one attached hydrogen (secondary N) is 1. The minimum atomic E-state index is -0.250. The van der Waals surface area contributed by atoms with E-state index in [2.05, 4.69) is 20.4 Å². The first-order valence-electron chi connectivity index (χ1n) is 10.2. The fourth-order valence-electron chi connectivity index (χ4n) is 3.80. The van der Waals surface area contributed by atoms with Gasteiger partial charge in [-0.2, -0.15) is 5.10 Å². The minimum Gasteiger partial charge on any atom is -0.497 e. The second-order valence-corrected chi connectivity index (χ2v) is 7.29. The number of ether oxygens (including phenoxy) is 2. The van der Waals surface area contributed by atoms with Crippen molar-refractivity contribution in [2.45, 2.75) is 18.9 Å². The van der Waals surface area contributed by atoms with Crippen molar-refractivity contribution in [3.63, 3.8) is 0 Å². The molecule has 0 bridgehead atoms. The normalized spacial score (nSPS) is 16.0. The molecular weight excluding hydrogens is 396 g/mol. The van der Waals surface area contributed by atoms with Crippen molar-refractivity contribution in [3.05, 3.63) is 60.8 Å². The van der Waals surface area contributed by atoms with Gasteiger partial charge in [-0.3, -0.25) is 14.2 Å². The fourth-order valence-corrected chi connectivity index (χ4v) is 3.80. The number of nitrogens with zero attached hydrogens (tertiary/aromatic N) is 5. The van der Waals surface area contributed by atoms with E-state index in [0.29, 0.717) is 23.6 Å². The van der Waals surface area contributed by atoms with Crippen molar-refractivity contribution >= 4 is 11.4 Å². The molecule has 0 spiro atoms. The maximum absolute atomic E-state index is 12.9. The lowest BCUT2D eigenvalue weighted by Gasteiger charge is -2.09. The number of methoxy groups -OCH3 is 1. The van der Waals surface area contributed by atoms with Gasteiger partial charge in [-0.05, 0) is 31.0 Å². The zero-order valence-electron chi connectivity index (χ0n) is 17.1. The predicted molar refractivity (Wildman–Crippen MR) is 113 cm³/mol. The minimum absolute atomic E-state index is 0.0601. The number of amides is 1. The quantitative estimate of drug-likeness (QED) is 0.517. The van der Waals surface area contributed by atoms with E-state index in [1.54, 1.807) is 36.6 Å². The summed E-state index contributed by atoms with van der Waals surface area (Å²) in [6.45, 7) is 1.21. The molecule has 31 heavy (non-hydrogen) atoms. The summed E-state index contributed by atoms with van der Waals surface area (Å²) in [7, 11) is 1.62. The van der Waals surface area contributed by atoms with Gasteiger partial charge in [0.15, 0.2) is 11.5 Å². The highest BCUT2D eigenvalue weighted by atomic mass is 16.5. The summed E-state index contributed by atoms with van der Waals surface area (Å²) >= 11 is 0. The van der Waals surface area contributed by atoms with Crippen molar-refractivity contribution in [2.24, 2.45) is 0 Å². The van der Waals surface area contributed by atoms with Crippen molar-refractivity contribution < 1.29 is 14.3 Å². The molecular formula is C22H22N6O3. The van der Waals surface area contributed by atoms with Crippen LogP contribution in [0.25, 0.3) is 22.7 Å². The van der Waals surface area contributed by atoms with Crippen molar-refractivity contribution in [3.8, 4) is 23.0 Å². The van der Waals surface area contributed by atoms with E-state index >= 15 is 0 Å². The van der Waals surface area contributed by atoms with E-state index in [0.717, 1.165) is 36.6 Å². The second-order valence-electron chi connectivity index (χ2n) is 7.29. The van der Waals surface area contributed by atoms with Crippen LogP contribution in [0.15, 0.2) is 55.1 Å². The molecule has 1 atom stereocenters. The van der Waals surface area contributed by atoms with Gasteiger partial charge in [0, 0.05) is 31.6 Å². The average molecular weight is 418 g/mol. The highest BCUT2D eigenvalue weighted by Gasteiger charge is 2.23. The number of hydrogen-bond donors (Lipinski definition) is 1. The number of fused-ring (bicyclic) bond motifs is 1. The summed E-state index contributed by atoms with van der Waals surface area (Å²) in [5.74, 6) is 1.07. The highest BCUT2D eigenvalue weighted by Crippen LogP contribution is 2.26. The summed E-state index contributed by atoms with van der Waals surface area (Å²) in [5.41, 5.74) is 2.52. The Morgan fingerprint density at radius 1 is 1.32 bits per heavy atom. The first kappa shape index (κ1) is 19.3. The van der Waals surface area contributed by atoms with Crippen LogP contribution in [0.2, 0.25) is 0 Å². The topological polar surface area (TPSA) is 95.6 Å². The van der Waals surface area contributed by atoms with Gasteiger partial charge < -0.3 is 14.8 Å². The Balaban J connectivity index is 1.53. The predicted octanol–water partition coefficient (Wildman–Crippen LogP) is 2.50. The number of carbonyl (C=O) groups is 1. The molecule has 9 heteroatoms. The van der Waals surface area contributed by atoms with Crippen molar-refractivity contribution in [1.82, 2.24) is 29.5 Å². The Kier molecular flexibility index (Phi) is 5.09. The van der Waals surface area contributed by atoms with E-state index in [-0.39, 0.29) is 12.0 Å². The largest absolute Gasteiger partial charge is 0.497 e. The zero-order valence-corrected chi connectivity index (χ0v) is 17.1. The third kappa shape index (κ3) is 3.64. The Bertz CT molecular complexity index is 1220. The maximum Gasteiger partial charge on any atom is 0.272 e. The second kappa shape index (κ2) is 8.19. The molecule has 1 amide bonds. The number of imidazole rings is 1. The Morgan fingerprint density at radius 2 is 2.26 bits per heavy atom. The number of carbonyl (C=O) groups excluding carboxylic acids is 1. The molecule has 5 rings (SSSR count). The molecule has 1 aromatic carbocycles. The molecule has 158 valence electrons. The third-order valence-corrected chi connectivity index (χ3v) is 5.35. The molecule has 9 nitrogen and oxygen atoms in total. The van der Waals surface area contributed by atoms with Crippen LogP contribution in [0, 0.1) is 0 Å². The van der Waals surface area contributed by atoms with E-state index < -0.39 is 0 Å². The summed E-state index contributed by atoms with van der Waals surface area (Å²) < 4.78 is 14.6. The molecule has 0 unspecified atom stereocenters. The van der Waals surface area contributed by atoms with Crippen LogP contribution in [0.3, 0.4) is 0 Å². The van der Waals surface area contributed by atoms with E-state index in [1.807, 2.05) is 34.7 Å². The first-order chi connectivity index (χ1) is 15.2. The zero-order chi connectivity index (χ0) is 21.2. The Morgan fingerprint density at radius 3 is 3.10 bits per heavy atom. The van der Waals surface area contributed by atoms with Crippen LogP contribution < -0.4 is 10.1 Å². The van der Waals surface area contributed by atoms with Gasteiger partial charge in [0.1, 0.15) is 11.4 Å². The van der Waals surface area contributed by atoms with Gasteiger partial charge >= 0.3 is 0 Å². The van der Waals surface area contributed by atoms with E-state index in [4.69, 9.17) is 9.47 Å². The van der Waals surface area contributed by atoms with Gasteiger partial charge in [-0.25, -0.2) is 9.67 Å². The van der Waals surface area contributed by atoms with Gasteiger partial charge in [-0.15, -0.1) is 0 Å². The number of benzene rings is 1. The highest BCUT2D eigenvalue weighted by molar-refractivity contribution is 5.99. The standard InChI is InChI=1S/C22H22N6O3/c1-30-16-5-2-4-15(12-16)28-18(7-8-25-28)21-26-20(19-14-23-9-10-27(19)21)22(29)24-13-17-6-3-11-31-17/h2,4-5,7-10,12,14,17H,3,6,11,13H2,1H3,(H,24,29)/t17-/m1/s1. The van der Waals surface area contributed by atoms with Crippen LogP contribution in [-0.4, -0.2) is 56.4 Å². The Hall–Kier alpha value is -3.72. The molecule has 1 saturated heterocycles. The molecule has 1 N–H and O–H groups in total. The lowest BCUT2D eigenvalue weighted by molar-refractivity contribution is 0.0855. The monoisotopic (exact) mass is 418 g/mol. The molecule has 1 fully saturated rings. The van der Waals surface area contributed by atoms with Crippen molar-refractivity contribution in [2.75, 3.05) is 20.3 Å². The van der Waals surface area contributed by atoms with Crippen LogP contribution >= 0.6 is 0 Å². The van der Waals surface area contributed by atoms with Crippen LogP contribution in [0.1, 0.15) is 23.3 Å². The number of aromatic nitrogens is 5. The summed E-state index contributed by atoms with van der Waals surface area (Å²) in [5, 5.41) is 7.41. The summed E-state index contributed by atoms with van der Waals surface area (Å²) in [6, 6.07) is 9.47. The van der Waals surface area contributed by atoms with Crippen LogP contribution in [0.5, 0.6) is 5.75 Å². The van der Waals surface area contributed by atoms with Gasteiger partial charge in [0.25, 0.3) is 5.91 Å². The Labute approximate surface area is 178 Å². The SMILES string of the molecule is COc1cccc(-n2nccc2-c2nc(C(=O)NC[C@H]3CCCO3)c3cnccn23)c1. The maximum atomic E-state index is 12.9. The molecule has 4 heterocycles. The lowest BCUT2D eigenvalue weighted by atomic mass is 10.2. The number of hydrogen-bond acceptors (Lipinski definition) is 6. The van der Waals surface area contributed by atoms with E-state index in [1.165, 1.54) is 0 Å². The van der Waals surface area contributed by atoms with Gasteiger partial charge in [0.2, 0.25) is 0 Å². The number of rotatable bonds is 6. The van der Waals surface area contributed by atoms with E-state index in [9.17, 15) is 4.79 Å². The van der Waals surface area contributed by atoms with Crippen molar-refractivity contribution in [1.29, 1.82) is 0 Å². The molecule has 0 aliphatic carbocycles. The fraction of sp³-hybridized carbons (Fsp3) is 0.273. The van der Waals surface area contributed by atoms with Crippen LogP contribution in [-0.2, 0) is 4.74 Å². The third-order valence-electron chi connectivity index (χ3n) is 5.35. The molecule has 1 aliphatic rings. The lowest BCUT2D eigenvalue weighted by Crippen LogP contribution is -2.32. The first-order valence-corrected chi connectivity index (χ1v) is 10.2. The van der Waals surface area contributed by atoms with Gasteiger partial charge in [0.05, 0.1) is 36.8 Å². The molecule has 0 saturated carbocycles. The van der Waals surface area contributed by atoms with Gasteiger partial charge in [-0.1, -0.05) is 6.07 Å². The average Bonchev–Trinajstić information content (AvgIpc) is 3.57.